The molecule has 3 nitrogen and oxygen atoms in total. The monoisotopic (exact) mass is 337 g/mol. The molecule has 22 heavy (non-hydrogen) atoms. The van der Waals surface area contributed by atoms with E-state index in [9.17, 15) is 12.8 Å². The summed E-state index contributed by atoms with van der Waals surface area (Å²) in [6, 6.07) is 10.5. The first-order valence-corrected chi connectivity index (χ1v) is 8.57. The molecule has 0 unspecified atom stereocenters. The number of hydrogen-bond acceptors (Lipinski definition) is 2. The lowest BCUT2D eigenvalue weighted by atomic mass is 10.1. The Bertz CT molecular complexity index is 877. The van der Waals surface area contributed by atoms with E-state index in [2.05, 4.69) is 0 Å². The third-order valence-corrected chi connectivity index (χ3v) is 5.81. The van der Waals surface area contributed by atoms with Gasteiger partial charge < -0.3 is 0 Å². The summed E-state index contributed by atoms with van der Waals surface area (Å²) in [5.74, 6) is -0.492. The zero-order valence-corrected chi connectivity index (χ0v) is 13.3. The fourth-order valence-corrected chi connectivity index (χ4v) is 4.83. The first-order valence-electron chi connectivity index (χ1n) is 6.75. The molecule has 0 fully saturated rings. The van der Waals surface area contributed by atoms with Crippen LogP contribution in [0.4, 0.5) is 10.1 Å². The smallest absolute Gasteiger partial charge is 0.238 e. The zero-order valence-electron chi connectivity index (χ0n) is 11.8. The minimum absolute atomic E-state index is 0.0538. The van der Waals surface area contributed by atoms with E-state index >= 15 is 0 Å². The minimum Gasteiger partial charge on any atom is -0.238 e. The normalized spacial score (nSPS) is 16.1. The molecule has 0 saturated carbocycles. The van der Waals surface area contributed by atoms with Crippen LogP contribution in [0.5, 0.6) is 0 Å². The molecule has 0 aromatic heterocycles. The number of allylic oxidation sites excluding steroid dienone is 1. The van der Waals surface area contributed by atoms with E-state index in [1.807, 2.05) is 6.92 Å². The molecule has 6 heteroatoms. The molecule has 1 heterocycles. The highest BCUT2D eigenvalue weighted by Gasteiger charge is 2.35. The topological polar surface area (TPSA) is 37.4 Å². The van der Waals surface area contributed by atoms with Gasteiger partial charge in [0.2, 0.25) is 0 Å². The van der Waals surface area contributed by atoms with Gasteiger partial charge in [0.15, 0.2) is 0 Å². The van der Waals surface area contributed by atoms with E-state index in [0.29, 0.717) is 17.7 Å². The average Bonchev–Trinajstić information content (AvgIpc) is 2.45. The summed E-state index contributed by atoms with van der Waals surface area (Å²) in [4.78, 5) is 0.0538. The van der Waals surface area contributed by atoms with Crippen LogP contribution in [-0.4, -0.2) is 8.42 Å². The molecule has 0 amide bonds. The number of halogens is 2. The molecular weight excluding hydrogens is 325 g/mol. The van der Waals surface area contributed by atoms with Crippen LogP contribution in [0.3, 0.4) is 0 Å². The summed E-state index contributed by atoms with van der Waals surface area (Å²) in [7, 11) is -3.88. The predicted molar refractivity (Wildman–Crippen MR) is 85.8 cm³/mol. The summed E-state index contributed by atoms with van der Waals surface area (Å²) in [6.45, 7) is 1.85. The fourth-order valence-electron chi connectivity index (χ4n) is 2.55. The van der Waals surface area contributed by atoms with Crippen molar-refractivity contribution in [2.75, 3.05) is 4.31 Å². The first-order chi connectivity index (χ1) is 10.4. The number of fused-ring (bicyclic) bond motifs is 1. The average molecular weight is 338 g/mol. The summed E-state index contributed by atoms with van der Waals surface area (Å²) in [5, 5.41) is 0.158. The Hall–Kier alpha value is -1.85. The van der Waals surface area contributed by atoms with E-state index in [1.54, 1.807) is 24.3 Å². The number of anilines is 1. The number of sulfonamides is 1. The van der Waals surface area contributed by atoms with Gasteiger partial charge >= 0.3 is 0 Å². The van der Waals surface area contributed by atoms with Crippen molar-refractivity contribution in [1.29, 1.82) is 0 Å². The van der Waals surface area contributed by atoms with Crippen molar-refractivity contribution in [2.24, 2.45) is 0 Å². The summed E-state index contributed by atoms with van der Waals surface area (Å²) in [6.07, 6.45) is 2.26. The second kappa shape index (κ2) is 5.41. The van der Waals surface area contributed by atoms with Crippen molar-refractivity contribution < 1.29 is 12.8 Å². The van der Waals surface area contributed by atoms with Crippen LogP contribution in [0.1, 0.15) is 18.9 Å². The van der Waals surface area contributed by atoms with Crippen molar-refractivity contribution >= 4 is 33.4 Å². The van der Waals surface area contributed by atoms with E-state index < -0.39 is 15.8 Å². The maximum absolute atomic E-state index is 13.5. The van der Waals surface area contributed by atoms with Crippen molar-refractivity contribution in [2.45, 2.75) is 18.2 Å². The van der Waals surface area contributed by atoms with Crippen LogP contribution in [0.2, 0.25) is 5.02 Å². The van der Waals surface area contributed by atoms with Gasteiger partial charge in [-0.15, -0.1) is 0 Å². The zero-order chi connectivity index (χ0) is 15.9. The van der Waals surface area contributed by atoms with E-state index in [1.165, 1.54) is 24.3 Å². The van der Waals surface area contributed by atoms with Crippen molar-refractivity contribution in [1.82, 2.24) is 0 Å². The predicted octanol–water partition coefficient (Wildman–Crippen LogP) is 4.44. The van der Waals surface area contributed by atoms with E-state index in [0.717, 1.165) is 4.31 Å². The van der Waals surface area contributed by atoms with Crippen LogP contribution < -0.4 is 4.31 Å². The Morgan fingerprint density at radius 2 is 1.91 bits per heavy atom. The van der Waals surface area contributed by atoms with Crippen molar-refractivity contribution in [3.63, 3.8) is 0 Å². The van der Waals surface area contributed by atoms with Crippen LogP contribution in [-0.2, 0) is 10.0 Å². The van der Waals surface area contributed by atoms with Gasteiger partial charge in [-0.05, 0) is 42.3 Å². The van der Waals surface area contributed by atoms with Gasteiger partial charge in [-0.1, -0.05) is 36.7 Å². The quantitative estimate of drug-likeness (QED) is 0.812. The van der Waals surface area contributed by atoms with Gasteiger partial charge in [0.05, 0.1) is 10.7 Å². The molecule has 0 spiro atoms. The Morgan fingerprint density at radius 3 is 2.59 bits per heavy atom. The van der Waals surface area contributed by atoms with Gasteiger partial charge in [0, 0.05) is 5.70 Å². The highest BCUT2D eigenvalue weighted by molar-refractivity contribution is 7.93. The number of benzene rings is 2. The number of hydrogen-bond donors (Lipinski definition) is 0. The third-order valence-electron chi connectivity index (χ3n) is 3.48. The highest BCUT2D eigenvalue weighted by atomic mass is 35.5. The van der Waals surface area contributed by atoms with Crippen LogP contribution in [0, 0.1) is 5.82 Å². The fraction of sp³-hybridized carbons (Fsp3) is 0.125. The Morgan fingerprint density at radius 1 is 1.18 bits per heavy atom. The molecule has 2 aromatic rings. The van der Waals surface area contributed by atoms with E-state index in [-0.39, 0.29) is 15.6 Å². The number of nitrogens with zero attached hydrogens (tertiary/aromatic N) is 1. The SMILES string of the molecule is CCC1=Cc2cccc(Cl)c2S(=O)(=O)N1c1cccc(F)c1. The van der Waals surface area contributed by atoms with Gasteiger partial charge in [0.25, 0.3) is 10.0 Å². The lowest BCUT2D eigenvalue weighted by Crippen LogP contribution is -2.33. The molecule has 0 saturated heterocycles. The summed E-state index contributed by atoms with van der Waals surface area (Å²) >= 11 is 6.09. The molecule has 1 aliphatic heterocycles. The Balaban J connectivity index is 2.30. The van der Waals surface area contributed by atoms with Crippen LogP contribution in [0.25, 0.3) is 6.08 Å². The molecular formula is C16H13ClFNO2S. The molecule has 0 N–H and O–H groups in total. The molecule has 0 radical (unpaired) electrons. The molecule has 2 aromatic carbocycles. The highest BCUT2D eigenvalue weighted by Crippen LogP contribution is 2.39. The van der Waals surface area contributed by atoms with Crippen LogP contribution in [0.15, 0.2) is 53.1 Å². The summed E-state index contributed by atoms with van der Waals surface area (Å²) in [5.41, 5.74) is 1.39. The largest absolute Gasteiger partial charge is 0.270 e. The Labute approximate surface area is 133 Å². The van der Waals surface area contributed by atoms with E-state index in [4.69, 9.17) is 11.6 Å². The molecule has 0 atom stereocenters. The van der Waals surface area contributed by atoms with Gasteiger partial charge in [-0.25, -0.2) is 17.1 Å². The maximum Gasteiger partial charge on any atom is 0.270 e. The van der Waals surface area contributed by atoms with Gasteiger partial charge in [-0.3, -0.25) is 0 Å². The second-order valence-corrected chi connectivity index (χ2v) is 7.03. The van der Waals surface area contributed by atoms with Crippen molar-refractivity contribution in [3.05, 3.63) is 64.6 Å². The molecule has 114 valence electrons. The standard InChI is InChI=1S/C16H13ClFNO2S/c1-2-13-9-11-5-3-8-15(17)16(11)22(20,21)19(13)14-7-4-6-12(18)10-14/h3-10H,2H2,1H3. The lowest BCUT2D eigenvalue weighted by Gasteiger charge is -2.31. The Kier molecular flexibility index (Phi) is 3.70. The second-order valence-electron chi connectivity index (χ2n) is 4.90. The summed E-state index contributed by atoms with van der Waals surface area (Å²) < 4.78 is 40.6. The molecule has 0 bridgehead atoms. The third kappa shape index (κ3) is 2.30. The van der Waals surface area contributed by atoms with Crippen LogP contribution >= 0.6 is 11.6 Å². The van der Waals surface area contributed by atoms with Gasteiger partial charge in [-0.2, -0.15) is 0 Å². The number of rotatable bonds is 2. The van der Waals surface area contributed by atoms with Gasteiger partial charge in [0.1, 0.15) is 10.7 Å². The first kappa shape index (κ1) is 15.1. The minimum atomic E-state index is -3.88. The van der Waals surface area contributed by atoms with Crippen molar-refractivity contribution in [3.8, 4) is 0 Å². The molecule has 0 aliphatic carbocycles. The molecule has 3 rings (SSSR count). The molecule has 1 aliphatic rings. The maximum atomic E-state index is 13.5. The lowest BCUT2D eigenvalue weighted by molar-refractivity contribution is 0.592.